The fourth-order valence-corrected chi connectivity index (χ4v) is 2.96. The van der Waals surface area contributed by atoms with Crippen molar-refractivity contribution >= 4 is 10.0 Å². The summed E-state index contributed by atoms with van der Waals surface area (Å²) in [6.07, 6.45) is 0.479. The molecule has 0 amide bonds. The number of nitrogens with zero attached hydrogens (tertiary/aromatic N) is 1. The number of halogens is 1. The van der Waals surface area contributed by atoms with Crippen LogP contribution in [0.25, 0.3) is 0 Å². The van der Waals surface area contributed by atoms with Gasteiger partial charge in [0.1, 0.15) is 22.3 Å². The summed E-state index contributed by atoms with van der Waals surface area (Å²) in [5.41, 5.74) is -0.478. The summed E-state index contributed by atoms with van der Waals surface area (Å²) in [6, 6.07) is 4.70. The molecule has 0 bridgehead atoms. The van der Waals surface area contributed by atoms with Crippen molar-refractivity contribution in [3.05, 3.63) is 29.6 Å². The number of ether oxygens (including phenoxy) is 1. The van der Waals surface area contributed by atoms with Crippen LogP contribution in [0.5, 0.6) is 0 Å². The number of nitriles is 1. The number of rotatable bonds is 6. The summed E-state index contributed by atoms with van der Waals surface area (Å²) in [6.45, 7) is 2.07. The largest absolute Gasteiger partial charge is 0.385 e. The van der Waals surface area contributed by atoms with Crippen LogP contribution < -0.4 is 4.72 Å². The van der Waals surface area contributed by atoms with Crippen LogP contribution in [0.4, 0.5) is 4.39 Å². The lowest BCUT2D eigenvalue weighted by Gasteiger charge is -2.14. The van der Waals surface area contributed by atoms with E-state index in [9.17, 15) is 12.8 Å². The second-order valence-electron chi connectivity index (χ2n) is 4.03. The molecule has 0 aliphatic carbocycles. The quantitative estimate of drug-likeness (QED) is 0.857. The highest BCUT2D eigenvalue weighted by molar-refractivity contribution is 7.89. The van der Waals surface area contributed by atoms with Crippen molar-refractivity contribution in [2.24, 2.45) is 0 Å². The monoisotopic (exact) mass is 286 g/mol. The summed E-state index contributed by atoms with van der Waals surface area (Å²) >= 11 is 0. The first kappa shape index (κ1) is 15.6. The number of nitrogens with one attached hydrogen (secondary N) is 1. The molecule has 1 aromatic carbocycles. The third kappa shape index (κ3) is 3.99. The molecular formula is C12H15FN2O3S. The fourth-order valence-electron chi connectivity index (χ4n) is 1.52. The molecule has 1 unspecified atom stereocenters. The average Bonchev–Trinajstić information content (AvgIpc) is 2.35. The SMILES string of the molecule is COCCC(C)NS(=O)(=O)c1cccc(F)c1C#N. The molecule has 0 radical (unpaired) electrons. The van der Waals surface area contributed by atoms with Crippen molar-refractivity contribution < 1.29 is 17.5 Å². The van der Waals surface area contributed by atoms with Crippen LogP contribution in [0.1, 0.15) is 18.9 Å². The molecule has 1 atom stereocenters. The van der Waals surface area contributed by atoms with E-state index in [1.807, 2.05) is 0 Å². The highest BCUT2D eigenvalue weighted by Crippen LogP contribution is 2.18. The molecule has 0 spiro atoms. The molecule has 104 valence electrons. The van der Waals surface area contributed by atoms with Gasteiger partial charge in [0.15, 0.2) is 0 Å². The molecule has 1 rings (SSSR count). The second kappa shape index (κ2) is 6.61. The van der Waals surface area contributed by atoms with Gasteiger partial charge in [-0.05, 0) is 25.5 Å². The highest BCUT2D eigenvalue weighted by Gasteiger charge is 2.22. The van der Waals surface area contributed by atoms with Crippen LogP contribution in [0, 0.1) is 17.1 Å². The number of sulfonamides is 1. The van der Waals surface area contributed by atoms with Crippen molar-refractivity contribution in [2.75, 3.05) is 13.7 Å². The standard InChI is InChI=1S/C12H15FN2O3S/c1-9(6-7-18-2)15-19(16,17)12-5-3-4-11(13)10(12)8-14/h3-5,9,15H,6-7H2,1-2H3. The van der Waals surface area contributed by atoms with E-state index in [2.05, 4.69) is 4.72 Å². The van der Waals surface area contributed by atoms with Crippen LogP contribution in [-0.2, 0) is 14.8 Å². The zero-order valence-electron chi connectivity index (χ0n) is 10.7. The zero-order chi connectivity index (χ0) is 14.5. The minimum Gasteiger partial charge on any atom is -0.385 e. The Labute approximate surface area is 112 Å². The van der Waals surface area contributed by atoms with Gasteiger partial charge < -0.3 is 4.74 Å². The van der Waals surface area contributed by atoms with Crippen LogP contribution in [0.2, 0.25) is 0 Å². The van der Waals surface area contributed by atoms with Crippen molar-refractivity contribution in [2.45, 2.75) is 24.3 Å². The Morgan fingerprint density at radius 3 is 2.79 bits per heavy atom. The van der Waals surface area contributed by atoms with E-state index < -0.39 is 21.4 Å². The lowest BCUT2D eigenvalue weighted by atomic mass is 10.2. The lowest BCUT2D eigenvalue weighted by Crippen LogP contribution is -2.33. The third-order valence-electron chi connectivity index (χ3n) is 2.49. The Kier molecular flexibility index (Phi) is 5.42. The van der Waals surface area contributed by atoms with Gasteiger partial charge in [-0.1, -0.05) is 6.07 Å². The molecule has 1 N–H and O–H groups in total. The van der Waals surface area contributed by atoms with Gasteiger partial charge in [-0.15, -0.1) is 0 Å². The molecule has 0 aromatic heterocycles. The van der Waals surface area contributed by atoms with E-state index in [1.54, 1.807) is 13.0 Å². The van der Waals surface area contributed by atoms with E-state index in [4.69, 9.17) is 10.00 Å². The summed E-state index contributed by atoms with van der Waals surface area (Å²) in [7, 11) is -2.41. The number of hydrogen-bond acceptors (Lipinski definition) is 4. The highest BCUT2D eigenvalue weighted by atomic mass is 32.2. The minimum absolute atomic E-state index is 0.348. The molecule has 0 heterocycles. The van der Waals surface area contributed by atoms with Gasteiger partial charge in [0.2, 0.25) is 10.0 Å². The molecular weight excluding hydrogens is 271 g/mol. The summed E-state index contributed by atoms with van der Waals surface area (Å²) in [5.74, 6) is -0.852. The predicted molar refractivity (Wildman–Crippen MR) is 67.4 cm³/mol. The van der Waals surface area contributed by atoms with Gasteiger partial charge in [0.25, 0.3) is 0 Å². The van der Waals surface area contributed by atoms with E-state index in [-0.39, 0.29) is 10.9 Å². The third-order valence-corrected chi connectivity index (χ3v) is 4.12. The van der Waals surface area contributed by atoms with Crippen molar-refractivity contribution in [1.82, 2.24) is 4.72 Å². The molecule has 0 aliphatic heterocycles. The maximum atomic E-state index is 13.4. The molecule has 5 nitrogen and oxygen atoms in total. The van der Waals surface area contributed by atoms with Crippen LogP contribution >= 0.6 is 0 Å². The molecule has 0 saturated carbocycles. The van der Waals surface area contributed by atoms with E-state index in [0.29, 0.717) is 13.0 Å². The summed E-state index contributed by atoms with van der Waals surface area (Å²) < 4.78 is 44.8. The number of methoxy groups -OCH3 is 1. The first-order valence-corrected chi connectivity index (χ1v) is 7.10. The van der Waals surface area contributed by atoms with Crippen molar-refractivity contribution in [3.63, 3.8) is 0 Å². The Balaban J connectivity index is 3.02. The van der Waals surface area contributed by atoms with Gasteiger partial charge in [-0.2, -0.15) is 5.26 Å². The molecule has 0 aliphatic rings. The molecule has 7 heteroatoms. The number of hydrogen-bond donors (Lipinski definition) is 1. The maximum absolute atomic E-state index is 13.4. The Bertz CT molecular complexity index is 581. The normalized spacial score (nSPS) is 12.9. The maximum Gasteiger partial charge on any atom is 0.242 e. The average molecular weight is 286 g/mol. The van der Waals surface area contributed by atoms with Gasteiger partial charge in [-0.3, -0.25) is 0 Å². The van der Waals surface area contributed by atoms with Gasteiger partial charge in [0.05, 0.1) is 0 Å². The summed E-state index contributed by atoms with van der Waals surface area (Å²) in [4.78, 5) is -0.348. The Hall–Kier alpha value is -1.49. The first-order valence-electron chi connectivity index (χ1n) is 5.62. The van der Waals surface area contributed by atoms with Crippen molar-refractivity contribution in [3.8, 4) is 6.07 Å². The number of benzene rings is 1. The van der Waals surface area contributed by atoms with E-state index >= 15 is 0 Å². The van der Waals surface area contributed by atoms with Crippen molar-refractivity contribution in [1.29, 1.82) is 5.26 Å². The topological polar surface area (TPSA) is 79.2 Å². The lowest BCUT2D eigenvalue weighted by molar-refractivity contribution is 0.188. The fraction of sp³-hybridized carbons (Fsp3) is 0.417. The smallest absolute Gasteiger partial charge is 0.242 e. The predicted octanol–water partition coefficient (Wildman–Crippen LogP) is 1.40. The van der Waals surface area contributed by atoms with Gasteiger partial charge in [-0.25, -0.2) is 17.5 Å². The summed E-state index contributed by atoms with van der Waals surface area (Å²) in [5, 5.41) is 8.84. The second-order valence-corrected chi connectivity index (χ2v) is 5.71. The zero-order valence-corrected chi connectivity index (χ0v) is 11.5. The first-order chi connectivity index (χ1) is 8.92. The molecule has 19 heavy (non-hydrogen) atoms. The van der Waals surface area contributed by atoms with E-state index in [1.165, 1.54) is 19.2 Å². The molecule has 0 fully saturated rings. The Morgan fingerprint density at radius 2 is 2.21 bits per heavy atom. The van der Waals surface area contributed by atoms with Crippen LogP contribution in [-0.4, -0.2) is 28.2 Å². The molecule has 0 saturated heterocycles. The van der Waals surface area contributed by atoms with Gasteiger partial charge in [0, 0.05) is 19.8 Å². The Morgan fingerprint density at radius 1 is 1.53 bits per heavy atom. The minimum atomic E-state index is -3.92. The van der Waals surface area contributed by atoms with Crippen LogP contribution in [0.3, 0.4) is 0 Å². The molecule has 1 aromatic rings. The van der Waals surface area contributed by atoms with E-state index in [0.717, 1.165) is 6.07 Å². The van der Waals surface area contributed by atoms with Gasteiger partial charge >= 0.3 is 0 Å². The van der Waals surface area contributed by atoms with Crippen LogP contribution in [0.15, 0.2) is 23.1 Å².